The van der Waals surface area contributed by atoms with Gasteiger partial charge in [-0.15, -0.1) is 0 Å². The molecule has 0 saturated heterocycles. The zero-order valence-corrected chi connectivity index (χ0v) is 24.2. The first kappa shape index (κ1) is 30.1. The Hall–Kier alpha value is -2.36. The fourth-order valence-corrected chi connectivity index (χ4v) is 9.32. The highest BCUT2D eigenvalue weighted by Gasteiger charge is 2.79. The van der Waals surface area contributed by atoms with E-state index in [0.717, 1.165) is 25.3 Å². The lowest BCUT2D eigenvalue weighted by Gasteiger charge is -2.62. The van der Waals surface area contributed by atoms with Crippen molar-refractivity contribution in [2.24, 2.45) is 34.5 Å². The van der Waals surface area contributed by atoms with Gasteiger partial charge in [0.2, 0.25) is 12.5 Å². The van der Waals surface area contributed by atoms with Crippen molar-refractivity contribution in [3.8, 4) is 0 Å². The predicted octanol–water partition coefficient (Wildman–Crippen LogP) is 5.88. The highest BCUT2D eigenvalue weighted by Crippen LogP contribution is 2.71. The van der Waals surface area contributed by atoms with Gasteiger partial charge in [-0.1, -0.05) is 33.3 Å². The van der Waals surface area contributed by atoms with Crippen LogP contribution in [0, 0.1) is 34.5 Å². The Bertz CT molecular complexity index is 1150. The lowest BCUT2D eigenvalue weighted by atomic mass is 9.44. The van der Waals surface area contributed by atoms with Crippen LogP contribution in [0.2, 0.25) is 0 Å². The maximum absolute atomic E-state index is 17.5. The van der Waals surface area contributed by atoms with Crippen LogP contribution in [0.5, 0.6) is 0 Å². The monoisotopic (exact) mass is 582 g/mol. The zero-order chi connectivity index (χ0) is 30.0. The van der Waals surface area contributed by atoms with Gasteiger partial charge in [0.1, 0.15) is 12.3 Å². The van der Waals surface area contributed by atoms with Crippen molar-refractivity contribution in [2.75, 3.05) is 6.86 Å². The van der Waals surface area contributed by atoms with Crippen LogP contribution in [0.3, 0.4) is 0 Å². The highest BCUT2D eigenvalue weighted by molar-refractivity contribution is 6.01. The fourth-order valence-electron chi connectivity index (χ4n) is 9.32. The van der Waals surface area contributed by atoms with Gasteiger partial charge in [0.05, 0.1) is 6.10 Å². The van der Waals surface area contributed by atoms with Crippen molar-refractivity contribution in [1.29, 1.82) is 0 Å². The molecule has 1 N–H and O–H groups in total. The fraction of sp³-hybridized carbons (Fsp3) is 0.774. The lowest BCUT2D eigenvalue weighted by Crippen LogP contribution is -2.71. The Labute approximate surface area is 238 Å². The van der Waals surface area contributed by atoms with E-state index in [1.807, 2.05) is 0 Å². The standard InChI is InChI=1S/C31H41F3O7/c1-5-18-6-8-20(9-7-18)40-27(38)41-31(26(37)39-16-32)17(2)12-21-22-14-24(33)23-13-19(35)10-11-28(23,3)30(22,34)25(36)15-29(21,31)4/h10-11,13,17-18,20-22,24-25,36H,5-9,12,14-16H2,1-4H3/t17-,18?,20?,21+,22+,24+,25+,28+,29+,30+,31+/m1/s1. The first-order valence-corrected chi connectivity index (χ1v) is 14.9. The third-order valence-electron chi connectivity index (χ3n) is 11.5. The van der Waals surface area contributed by atoms with Gasteiger partial charge in [-0.25, -0.2) is 22.8 Å². The van der Waals surface area contributed by atoms with Gasteiger partial charge < -0.3 is 19.3 Å². The number of aliphatic hydroxyl groups is 1. The summed E-state index contributed by atoms with van der Waals surface area (Å²) in [5.74, 6) is -3.65. The molecule has 9 atom stereocenters. The van der Waals surface area contributed by atoms with Gasteiger partial charge >= 0.3 is 12.1 Å². The molecule has 0 heterocycles. The Balaban J connectivity index is 1.50. The van der Waals surface area contributed by atoms with Crippen molar-refractivity contribution in [2.45, 2.75) is 109 Å². The Morgan fingerprint density at radius 2 is 1.80 bits per heavy atom. The molecular formula is C31H41F3O7. The topological polar surface area (TPSA) is 99.1 Å². The van der Waals surface area contributed by atoms with E-state index in [1.165, 1.54) is 19.1 Å². The molecule has 0 aromatic heterocycles. The van der Waals surface area contributed by atoms with Crippen molar-refractivity contribution in [3.05, 3.63) is 23.8 Å². The molecule has 41 heavy (non-hydrogen) atoms. The Morgan fingerprint density at radius 3 is 2.44 bits per heavy atom. The first-order valence-electron chi connectivity index (χ1n) is 14.9. The second-order valence-electron chi connectivity index (χ2n) is 13.3. The quantitative estimate of drug-likeness (QED) is 0.404. The van der Waals surface area contributed by atoms with Gasteiger partial charge in [0.25, 0.3) is 0 Å². The molecular weight excluding hydrogens is 541 g/mol. The average molecular weight is 583 g/mol. The third-order valence-corrected chi connectivity index (χ3v) is 11.5. The number of halogens is 3. The number of fused-ring (bicyclic) bond motifs is 5. The minimum atomic E-state index is -2.37. The molecule has 5 aliphatic carbocycles. The van der Waals surface area contributed by atoms with Crippen molar-refractivity contribution < 1.29 is 46.9 Å². The van der Waals surface area contributed by atoms with Crippen molar-refractivity contribution >= 4 is 17.9 Å². The van der Waals surface area contributed by atoms with Crippen LogP contribution in [-0.4, -0.2) is 59.5 Å². The van der Waals surface area contributed by atoms with E-state index < -0.39 is 83.0 Å². The average Bonchev–Trinajstić information content (AvgIpc) is 3.14. The van der Waals surface area contributed by atoms with E-state index in [9.17, 15) is 23.9 Å². The molecule has 5 aliphatic rings. The van der Waals surface area contributed by atoms with Gasteiger partial charge in [0.15, 0.2) is 11.5 Å². The van der Waals surface area contributed by atoms with E-state index >= 15 is 8.78 Å². The second kappa shape index (κ2) is 10.4. The molecule has 228 valence electrons. The number of aliphatic hydroxyl groups excluding tert-OH is 1. The molecule has 0 aromatic carbocycles. The molecule has 0 radical (unpaired) electrons. The van der Waals surface area contributed by atoms with Crippen molar-refractivity contribution in [3.63, 3.8) is 0 Å². The number of carbonyl (C=O) groups excluding carboxylic acids is 3. The molecule has 0 bridgehead atoms. The molecule has 4 saturated carbocycles. The van der Waals surface area contributed by atoms with Gasteiger partial charge in [-0.05, 0) is 81.4 Å². The number of esters is 1. The van der Waals surface area contributed by atoms with Crippen LogP contribution in [-0.2, 0) is 23.8 Å². The number of allylic oxidation sites excluding steroid dienone is 4. The van der Waals surface area contributed by atoms with Gasteiger partial charge in [0, 0.05) is 22.7 Å². The van der Waals surface area contributed by atoms with Crippen LogP contribution >= 0.6 is 0 Å². The summed E-state index contributed by atoms with van der Waals surface area (Å²) in [6.45, 7) is 5.37. The van der Waals surface area contributed by atoms with Gasteiger partial charge in [-0.3, -0.25) is 4.79 Å². The molecule has 0 aromatic rings. The summed E-state index contributed by atoms with van der Waals surface area (Å²) in [7, 11) is 0. The Kier molecular flexibility index (Phi) is 7.65. The summed E-state index contributed by atoms with van der Waals surface area (Å²) < 4.78 is 63.0. The number of alkyl halides is 3. The summed E-state index contributed by atoms with van der Waals surface area (Å²) in [6, 6.07) is 0. The van der Waals surface area contributed by atoms with E-state index in [2.05, 4.69) is 6.92 Å². The minimum Gasteiger partial charge on any atom is -0.431 e. The number of ether oxygens (including phenoxy) is 3. The smallest absolute Gasteiger partial charge is 0.431 e. The molecule has 10 heteroatoms. The van der Waals surface area contributed by atoms with Crippen LogP contribution < -0.4 is 0 Å². The molecule has 7 nitrogen and oxygen atoms in total. The molecule has 0 unspecified atom stereocenters. The van der Waals surface area contributed by atoms with E-state index in [4.69, 9.17) is 14.2 Å². The van der Waals surface area contributed by atoms with Crippen LogP contribution in [0.25, 0.3) is 0 Å². The maximum Gasteiger partial charge on any atom is 0.509 e. The Morgan fingerprint density at radius 1 is 1.12 bits per heavy atom. The van der Waals surface area contributed by atoms with Crippen LogP contribution in [0.15, 0.2) is 23.8 Å². The molecule has 0 amide bonds. The summed E-state index contributed by atoms with van der Waals surface area (Å²) in [5, 5.41) is 11.6. The molecule has 5 rings (SSSR count). The first-order chi connectivity index (χ1) is 19.3. The molecule has 4 fully saturated rings. The number of hydrogen-bond donors (Lipinski definition) is 1. The SMILES string of the molecule is CCC1CCC(OC(=O)O[C@]2(C(=O)OCF)[C@H](C)C[C@H]3[C@@H]4C[C@H](F)C5=CC(=O)C=C[C@]5(C)[C@@]4(F)[C@@H](O)C[C@@]32C)CC1. The summed E-state index contributed by atoms with van der Waals surface area (Å²) in [6.07, 6.45) is 2.34. The normalized spacial score (nSPS) is 47.0. The summed E-state index contributed by atoms with van der Waals surface area (Å²) >= 11 is 0. The van der Waals surface area contributed by atoms with Crippen molar-refractivity contribution in [1.82, 2.24) is 0 Å². The lowest BCUT2D eigenvalue weighted by molar-refractivity contribution is -0.235. The summed E-state index contributed by atoms with van der Waals surface area (Å²) in [5.41, 5.74) is -7.51. The number of carbonyl (C=O) groups is 3. The van der Waals surface area contributed by atoms with E-state index in [0.29, 0.717) is 18.8 Å². The maximum atomic E-state index is 17.5. The minimum absolute atomic E-state index is 0.0156. The van der Waals surface area contributed by atoms with Crippen LogP contribution in [0.1, 0.15) is 79.1 Å². The van der Waals surface area contributed by atoms with E-state index in [1.54, 1.807) is 13.8 Å². The highest BCUT2D eigenvalue weighted by atomic mass is 19.1. The van der Waals surface area contributed by atoms with Crippen LogP contribution in [0.4, 0.5) is 18.0 Å². The molecule has 0 aliphatic heterocycles. The van der Waals surface area contributed by atoms with Gasteiger partial charge in [-0.2, -0.15) is 0 Å². The summed E-state index contributed by atoms with van der Waals surface area (Å²) in [4.78, 5) is 38.9. The van der Waals surface area contributed by atoms with E-state index in [-0.39, 0.29) is 24.8 Å². The zero-order valence-electron chi connectivity index (χ0n) is 24.2. The largest absolute Gasteiger partial charge is 0.509 e. The predicted molar refractivity (Wildman–Crippen MR) is 142 cm³/mol. The number of hydrogen-bond acceptors (Lipinski definition) is 7. The number of ketones is 1. The number of rotatable bonds is 5. The molecule has 0 spiro atoms. The third kappa shape index (κ3) is 4.20. The second-order valence-corrected chi connectivity index (χ2v) is 13.3.